The van der Waals surface area contributed by atoms with E-state index in [-0.39, 0.29) is 17.9 Å². The molecule has 100 valence electrons. The molecule has 0 spiro atoms. The topological polar surface area (TPSA) is 52.6 Å². The first-order chi connectivity index (χ1) is 8.20. The lowest BCUT2D eigenvalue weighted by molar-refractivity contribution is -0.138. The van der Waals surface area contributed by atoms with Gasteiger partial charge in [0.15, 0.2) is 5.76 Å². The molecule has 4 nitrogen and oxygen atoms in total. The van der Waals surface area contributed by atoms with Crippen LogP contribution in [0.25, 0.3) is 0 Å². The van der Waals surface area contributed by atoms with Crippen LogP contribution in [0.1, 0.15) is 6.92 Å². The summed E-state index contributed by atoms with van der Waals surface area (Å²) in [4.78, 5) is 23.3. The molecule has 1 aliphatic rings. The molecule has 1 aliphatic heterocycles. The summed E-state index contributed by atoms with van der Waals surface area (Å²) in [6, 6.07) is 0. The van der Waals surface area contributed by atoms with Crippen molar-refractivity contribution in [1.82, 2.24) is 0 Å². The summed E-state index contributed by atoms with van der Waals surface area (Å²) < 4.78 is 6.80. The number of halogens is 5. The highest BCUT2D eigenvalue weighted by Gasteiger charge is 2.46. The largest absolute Gasteiger partial charge is 0.462 e. The summed E-state index contributed by atoms with van der Waals surface area (Å²) in [5, 5.41) is 0. The van der Waals surface area contributed by atoms with Crippen molar-refractivity contribution in [3.05, 3.63) is 21.4 Å². The predicted molar refractivity (Wildman–Crippen MR) is 68.8 cm³/mol. The van der Waals surface area contributed by atoms with Crippen molar-refractivity contribution in [3.8, 4) is 0 Å². The first kappa shape index (κ1) is 15.9. The highest BCUT2D eigenvalue weighted by atomic mass is 35.6. The molecule has 0 aliphatic carbocycles. The Morgan fingerprint density at radius 3 is 2.28 bits per heavy atom. The molecule has 0 atom stereocenters. The van der Waals surface area contributed by atoms with Crippen LogP contribution in [0.3, 0.4) is 0 Å². The molecule has 18 heavy (non-hydrogen) atoms. The average molecular weight is 354 g/mol. The summed E-state index contributed by atoms with van der Waals surface area (Å²) in [6.45, 7) is 1.62. The van der Waals surface area contributed by atoms with E-state index >= 15 is 0 Å². The van der Waals surface area contributed by atoms with E-state index in [1.54, 1.807) is 6.92 Å². The molecule has 0 aromatic rings. The quantitative estimate of drug-likeness (QED) is 0.563. The Morgan fingerprint density at radius 1 is 1.33 bits per heavy atom. The van der Waals surface area contributed by atoms with E-state index in [4.69, 9.17) is 67.5 Å². The van der Waals surface area contributed by atoms with E-state index in [1.807, 2.05) is 0 Å². The number of alkyl halides is 3. The first-order valence-corrected chi connectivity index (χ1v) is 6.35. The van der Waals surface area contributed by atoms with Crippen molar-refractivity contribution in [3.63, 3.8) is 0 Å². The van der Waals surface area contributed by atoms with Crippen LogP contribution in [0, 0.1) is 0 Å². The van der Waals surface area contributed by atoms with Crippen LogP contribution in [-0.4, -0.2) is 22.3 Å². The van der Waals surface area contributed by atoms with Gasteiger partial charge < -0.3 is 9.47 Å². The number of esters is 2. The number of cyclic esters (lactones) is 1. The second-order valence-corrected chi connectivity index (χ2v) is 6.18. The van der Waals surface area contributed by atoms with E-state index in [2.05, 4.69) is 0 Å². The number of carbonyl (C=O) groups excluding carboxylic acids is 2. The zero-order valence-corrected chi connectivity index (χ0v) is 12.5. The second kappa shape index (κ2) is 5.88. The van der Waals surface area contributed by atoms with E-state index in [1.165, 1.54) is 0 Å². The van der Waals surface area contributed by atoms with Crippen molar-refractivity contribution < 1.29 is 19.1 Å². The van der Waals surface area contributed by atoms with Gasteiger partial charge in [-0.2, -0.15) is 0 Å². The predicted octanol–water partition coefficient (Wildman–Crippen LogP) is 3.42. The van der Waals surface area contributed by atoms with E-state index in [0.717, 1.165) is 0 Å². The first-order valence-electron chi connectivity index (χ1n) is 4.46. The minimum atomic E-state index is -2.16. The summed E-state index contributed by atoms with van der Waals surface area (Å²) in [7, 11) is 0. The van der Waals surface area contributed by atoms with Gasteiger partial charge in [-0.15, -0.1) is 0 Å². The molecule has 0 aromatic heterocycles. The summed E-state index contributed by atoms with van der Waals surface area (Å²) in [5.74, 6) is -2.33. The standard InChI is InChI=1S/C9H5Cl5O4/c1-2-17-7(15)3-4(9(12,13)14)8(16)18-5(3)6(10)11/h2H2,1H3. The Bertz CT molecular complexity index is 456. The molecular weight excluding hydrogens is 349 g/mol. The lowest BCUT2D eigenvalue weighted by Crippen LogP contribution is -2.18. The van der Waals surface area contributed by atoms with Crippen LogP contribution >= 0.6 is 58.0 Å². The molecule has 0 amide bonds. The highest BCUT2D eigenvalue weighted by Crippen LogP contribution is 2.44. The Hall–Kier alpha value is -0.130. The van der Waals surface area contributed by atoms with Gasteiger partial charge in [-0.05, 0) is 6.92 Å². The van der Waals surface area contributed by atoms with Crippen molar-refractivity contribution in [2.24, 2.45) is 0 Å². The fourth-order valence-electron chi connectivity index (χ4n) is 1.20. The molecule has 0 unspecified atom stereocenters. The lowest BCUT2D eigenvalue weighted by Gasteiger charge is -2.10. The molecule has 0 saturated carbocycles. The van der Waals surface area contributed by atoms with Crippen LogP contribution in [0.4, 0.5) is 0 Å². The van der Waals surface area contributed by atoms with Gasteiger partial charge in [0, 0.05) is 0 Å². The Balaban J connectivity index is 3.45. The molecule has 0 bridgehead atoms. The number of ether oxygens (including phenoxy) is 2. The van der Waals surface area contributed by atoms with Crippen molar-refractivity contribution in [2.75, 3.05) is 6.61 Å². The number of carbonyl (C=O) groups is 2. The molecule has 0 aromatic carbocycles. The van der Waals surface area contributed by atoms with Crippen LogP contribution < -0.4 is 0 Å². The fourth-order valence-corrected chi connectivity index (χ4v) is 1.98. The smallest absolute Gasteiger partial charge is 0.344 e. The fraction of sp³-hybridized carbons (Fsp3) is 0.333. The summed E-state index contributed by atoms with van der Waals surface area (Å²) >= 11 is 27.8. The maximum absolute atomic E-state index is 11.7. The van der Waals surface area contributed by atoms with Crippen LogP contribution in [-0.2, 0) is 19.1 Å². The maximum atomic E-state index is 11.7. The van der Waals surface area contributed by atoms with Gasteiger partial charge >= 0.3 is 11.9 Å². The van der Waals surface area contributed by atoms with Gasteiger partial charge in [0.1, 0.15) is 15.6 Å². The Morgan fingerprint density at radius 2 is 1.89 bits per heavy atom. The van der Waals surface area contributed by atoms with Gasteiger partial charge in [-0.3, -0.25) is 0 Å². The number of rotatable bonds is 2. The molecule has 0 N–H and O–H groups in total. The highest BCUT2D eigenvalue weighted by molar-refractivity contribution is 6.71. The number of hydrogen-bond donors (Lipinski definition) is 0. The third-order valence-electron chi connectivity index (χ3n) is 1.81. The lowest BCUT2D eigenvalue weighted by atomic mass is 10.1. The SMILES string of the molecule is CCOC(=O)C1=C(C(Cl)(Cl)Cl)C(=O)OC1=C(Cl)Cl. The average Bonchev–Trinajstić information content (AvgIpc) is 2.55. The second-order valence-electron chi connectivity index (χ2n) is 2.95. The third kappa shape index (κ3) is 3.25. The van der Waals surface area contributed by atoms with Crippen molar-refractivity contribution in [2.45, 2.75) is 10.7 Å². The minimum Gasteiger partial charge on any atom is -0.462 e. The van der Waals surface area contributed by atoms with Crippen LogP contribution in [0.15, 0.2) is 21.4 Å². The van der Waals surface area contributed by atoms with Crippen molar-refractivity contribution in [1.29, 1.82) is 0 Å². The zero-order chi connectivity index (χ0) is 14.1. The van der Waals surface area contributed by atoms with E-state index < -0.39 is 25.8 Å². The van der Waals surface area contributed by atoms with Crippen LogP contribution in [0.5, 0.6) is 0 Å². The summed E-state index contributed by atoms with van der Waals surface area (Å²) in [6.07, 6.45) is 0. The van der Waals surface area contributed by atoms with Crippen LogP contribution in [0.2, 0.25) is 0 Å². The third-order valence-corrected chi connectivity index (χ3v) is 2.72. The molecule has 0 fully saturated rings. The van der Waals surface area contributed by atoms with E-state index in [9.17, 15) is 9.59 Å². The maximum Gasteiger partial charge on any atom is 0.344 e. The molecule has 0 saturated heterocycles. The normalized spacial score (nSPS) is 15.9. The van der Waals surface area contributed by atoms with Gasteiger partial charge in [0.05, 0.1) is 6.61 Å². The van der Waals surface area contributed by atoms with Gasteiger partial charge in [-0.25, -0.2) is 9.59 Å². The monoisotopic (exact) mass is 352 g/mol. The molecular formula is C9H5Cl5O4. The van der Waals surface area contributed by atoms with E-state index in [0.29, 0.717) is 0 Å². The minimum absolute atomic E-state index is 0.0524. The summed E-state index contributed by atoms with van der Waals surface area (Å²) in [5.41, 5.74) is -0.874. The molecule has 1 heterocycles. The zero-order valence-electron chi connectivity index (χ0n) is 8.73. The van der Waals surface area contributed by atoms with Crippen molar-refractivity contribution >= 4 is 69.9 Å². The van der Waals surface area contributed by atoms with Gasteiger partial charge in [0.25, 0.3) is 0 Å². The van der Waals surface area contributed by atoms with Gasteiger partial charge in [-0.1, -0.05) is 58.0 Å². The molecule has 1 rings (SSSR count). The van der Waals surface area contributed by atoms with Gasteiger partial charge in [0.2, 0.25) is 3.79 Å². The molecule has 0 radical (unpaired) electrons. The Kier molecular flexibility index (Phi) is 5.21. The Labute approximate surface area is 127 Å². The number of hydrogen-bond acceptors (Lipinski definition) is 4. The molecule has 9 heteroatoms.